The minimum atomic E-state index is -2.05. The van der Waals surface area contributed by atoms with Crippen molar-refractivity contribution < 1.29 is 65.2 Å². The number of halogens is 4. The Labute approximate surface area is 399 Å². The van der Waals surface area contributed by atoms with Crippen molar-refractivity contribution in [3.8, 4) is 23.0 Å². The van der Waals surface area contributed by atoms with Crippen LogP contribution in [0.4, 0.5) is 17.6 Å². The molecule has 3 aromatic carbocycles. The van der Waals surface area contributed by atoms with E-state index in [-0.39, 0.29) is 23.1 Å². The first kappa shape index (κ1) is 56.7. The van der Waals surface area contributed by atoms with Gasteiger partial charge in [0.2, 0.25) is 34.8 Å². The summed E-state index contributed by atoms with van der Waals surface area (Å²) >= 11 is 0. The molecule has 0 saturated heterocycles. The number of hydrogen-bond donors (Lipinski definition) is 0. The molecule has 0 unspecified atom stereocenters. The Morgan fingerprint density at radius 3 is 0.853 bits per heavy atom. The Kier molecular flexibility index (Phi) is 28.8. The summed E-state index contributed by atoms with van der Waals surface area (Å²) < 4.78 is 90.9. The number of unbranched alkanes of at least 4 members (excludes halogenated alkanes) is 22. The maximum atomic E-state index is 15.0. The van der Waals surface area contributed by atoms with Gasteiger partial charge in [0.05, 0.1) is 37.6 Å². The predicted molar refractivity (Wildman–Crippen MR) is 253 cm³/mol. The van der Waals surface area contributed by atoms with E-state index in [1.54, 1.807) is 0 Å². The van der Waals surface area contributed by atoms with Gasteiger partial charge in [-0.25, -0.2) is 19.2 Å². The quantitative estimate of drug-likeness (QED) is 0.0137. The van der Waals surface area contributed by atoms with E-state index in [2.05, 4.69) is 13.2 Å². The van der Waals surface area contributed by atoms with Crippen LogP contribution in [0, 0.1) is 23.3 Å². The minimum absolute atomic E-state index is 0.156. The van der Waals surface area contributed by atoms with Crippen LogP contribution < -0.4 is 18.9 Å². The molecular formula is C54H70F4O10. The zero-order chi connectivity index (χ0) is 49.2. The lowest BCUT2D eigenvalue weighted by atomic mass is 10.1. The molecule has 0 aliphatic carbocycles. The van der Waals surface area contributed by atoms with Crippen LogP contribution in [0.1, 0.15) is 175 Å². The fourth-order valence-corrected chi connectivity index (χ4v) is 7.24. The summed E-state index contributed by atoms with van der Waals surface area (Å²) in [5.74, 6) is -13.9. The summed E-state index contributed by atoms with van der Waals surface area (Å²) in [5, 5.41) is 0. The molecule has 0 heterocycles. The molecule has 0 fully saturated rings. The standard InChI is InChI=1S/C54H70F4O10/c1-3-45(59)65-39-27-23-19-15-11-7-5-9-13-17-21-25-37-63-43-33-29-41(30-34-43)53(61)67-51-47(55)49(57)52(50(58)48(51)56)68-54(62)42-31-35-44(36-32-42)64-38-26-22-18-14-10-6-8-12-16-20-24-28-40-66-46(60)4-2/h3-4,29-36H,1-2,5-28,37-40H2. The summed E-state index contributed by atoms with van der Waals surface area (Å²) in [5.41, 5.74) is -0.313. The minimum Gasteiger partial charge on any atom is -0.494 e. The average molecular weight is 955 g/mol. The van der Waals surface area contributed by atoms with Crippen molar-refractivity contribution in [1.82, 2.24) is 0 Å². The van der Waals surface area contributed by atoms with Crippen molar-refractivity contribution in [2.45, 2.75) is 154 Å². The first-order valence-electron chi connectivity index (χ1n) is 24.4. The number of carbonyl (C=O) groups is 4. The second-order valence-corrected chi connectivity index (χ2v) is 16.7. The van der Waals surface area contributed by atoms with Gasteiger partial charge < -0.3 is 28.4 Å². The summed E-state index contributed by atoms with van der Waals surface area (Å²) in [6, 6.07) is 11.0. The molecule has 0 atom stereocenters. The molecule has 0 amide bonds. The molecule has 3 rings (SSSR count). The van der Waals surface area contributed by atoms with Gasteiger partial charge in [0.1, 0.15) is 11.5 Å². The van der Waals surface area contributed by atoms with E-state index in [1.165, 1.54) is 125 Å². The molecule has 0 aliphatic rings. The van der Waals surface area contributed by atoms with Crippen molar-refractivity contribution in [3.05, 3.63) is 108 Å². The van der Waals surface area contributed by atoms with E-state index in [0.29, 0.717) is 37.9 Å². The molecule has 374 valence electrons. The maximum absolute atomic E-state index is 15.0. The van der Waals surface area contributed by atoms with E-state index in [0.717, 1.165) is 89.9 Å². The van der Waals surface area contributed by atoms with Crippen LogP contribution in [0.25, 0.3) is 0 Å². The van der Waals surface area contributed by atoms with Crippen LogP contribution in [0.5, 0.6) is 23.0 Å². The average Bonchev–Trinajstić information content (AvgIpc) is 3.35. The molecule has 68 heavy (non-hydrogen) atoms. The highest BCUT2D eigenvalue weighted by Gasteiger charge is 2.31. The number of esters is 4. The van der Waals surface area contributed by atoms with Crippen LogP contribution >= 0.6 is 0 Å². The van der Waals surface area contributed by atoms with E-state index >= 15 is 0 Å². The highest BCUT2D eigenvalue weighted by Crippen LogP contribution is 2.36. The van der Waals surface area contributed by atoms with Crippen molar-refractivity contribution in [2.75, 3.05) is 26.4 Å². The topological polar surface area (TPSA) is 124 Å². The molecule has 0 bridgehead atoms. The van der Waals surface area contributed by atoms with Crippen molar-refractivity contribution >= 4 is 23.9 Å². The zero-order valence-corrected chi connectivity index (χ0v) is 39.6. The summed E-state index contributed by atoms with van der Waals surface area (Å²) in [7, 11) is 0. The molecule has 0 saturated carbocycles. The van der Waals surface area contributed by atoms with E-state index in [1.807, 2.05) is 0 Å². The number of ether oxygens (including phenoxy) is 6. The smallest absolute Gasteiger partial charge is 0.343 e. The van der Waals surface area contributed by atoms with Crippen LogP contribution in [-0.4, -0.2) is 50.3 Å². The first-order chi connectivity index (χ1) is 33.0. The lowest BCUT2D eigenvalue weighted by Crippen LogP contribution is -2.16. The number of hydrogen-bond acceptors (Lipinski definition) is 10. The van der Waals surface area contributed by atoms with Gasteiger partial charge in [-0.15, -0.1) is 0 Å². The van der Waals surface area contributed by atoms with Gasteiger partial charge in [0.25, 0.3) is 0 Å². The van der Waals surface area contributed by atoms with Gasteiger partial charge in [-0.05, 0) is 74.2 Å². The van der Waals surface area contributed by atoms with Crippen LogP contribution in [0.3, 0.4) is 0 Å². The zero-order valence-electron chi connectivity index (χ0n) is 39.6. The highest BCUT2D eigenvalue weighted by molar-refractivity contribution is 5.92. The molecule has 0 spiro atoms. The predicted octanol–water partition coefficient (Wildman–Crippen LogP) is 14.3. The second kappa shape index (κ2) is 34.6. The fourth-order valence-electron chi connectivity index (χ4n) is 7.24. The highest BCUT2D eigenvalue weighted by atomic mass is 19.2. The van der Waals surface area contributed by atoms with Gasteiger partial charge in [-0.2, -0.15) is 17.6 Å². The normalized spacial score (nSPS) is 10.9. The largest absolute Gasteiger partial charge is 0.494 e. The number of carbonyl (C=O) groups excluding carboxylic acids is 4. The second-order valence-electron chi connectivity index (χ2n) is 16.7. The molecular weight excluding hydrogens is 885 g/mol. The maximum Gasteiger partial charge on any atom is 0.343 e. The third kappa shape index (κ3) is 22.9. The van der Waals surface area contributed by atoms with Crippen molar-refractivity contribution in [2.24, 2.45) is 0 Å². The van der Waals surface area contributed by atoms with E-state index in [4.69, 9.17) is 28.4 Å². The lowest BCUT2D eigenvalue weighted by molar-refractivity contribution is -0.138. The summed E-state index contributed by atoms with van der Waals surface area (Å²) in [4.78, 5) is 47.5. The Morgan fingerprint density at radius 2 is 0.603 bits per heavy atom. The summed E-state index contributed by atoms with van der Waals surface area (Å²) in [6.07, 6.45) is 28.6. The number of benzene rings is 3. The van der Waals surface area contributed by atoms with Crippen LogP contribution in [0.2, 0.25) is 0 Å². The van der Waals surface area contributed by atoms with Crippen molar-refractivity contribution in [3.63, 3.8) is 0 Å². The van der Waals surface area contributed by atoms with Crippen LogP contribution in [-0.2, 0) is 19.1 Å². The van der Waals surface area contributed by atoms with Gasteiger partial charge in [-0.1, -0.05) is 142 Å². The molecule has 0 aliphatic heterocycles. The molecule has 0 aromatic heterocycles. The van der Waals surface area contributed by atoms with Gasteiger partial charge in [0, 0.05) is 12.2 Å². The SMILES string of the molecule is C=CC(=O)OCCCCCCCCCCCCCCOc1ccc(C(=O)Oc2c(F)c(F)c(OC(=O)c3ccc(OCCCCCCCCCCCCCCOC(=O)C=C)cc3)c(F)c2F)cc1. The molecule has 0 N–H and O–H groups in total. The van der Waals surface area contributed by atoms with Gasteiger partial charge in [0.15, 0.2) is 0 Å². The van der Waals surface area contributed by atoms with Gasteiger partial charge >= 0.3 is 23.9 Å². The monoisotopic (exact) mass is 954 g/mol. The summed E-state index contributed by atoms with van der Waals surface area (Å²) in [6.45, 7) is 8.55. The Hall–Kier alpha value is -5.66. The first-order valence-corrected chi connectivity index (χ1v) is 24.4. The third-order valence-electron chi connectivity index (χ3n) is 11.2. The molecule has 3 aromatic rings. The molecule has 14 heteroatoms. The fraction of sp³-hybridized carbons (Fsp3) is 0.519. The Balaban J connectivity index is 1.27. The number of rotatable bonds is 38. The van der Waals surface area contributed by atoms with E-state index < -0.39 is 46.7 Å². The third-order valence-corrected chi connectivity index (χ3v) is 11.2. The van der Waals surface area contributed by atoms with E-state index in [9.17, 15) is 36.7 Å². The van der Waals surface area contributed by atoms with Crippen LogP contribution in [0.15, 0.2) is 73.8 Å². The molecule has 0 radical (unpaired) electrons. The Bertz CT molecular complexity index is 1800. The lowest BCUT2D eigenvalue weighted by Gasteiger charge is -2.13. The molecule has 10 nitrogen and oxygen atoms in total. The Morgan fingerprint density at radius 1 is 0.368 bits per heavy atom. The van der Waals surface area contributed by atoms with Gasteiger partial charge in [-0.3, -0.25) is 0 Å². The van der Waals surface area contributed by atoms with Crippen molar-refractivity contribution in [1.29, 1.82) is 0 Å².